The van der Waals surface area contributed by atoms with Gasteiger partial charge >= 0.3 is 5.97 Å². The van der Waals surface area contributed by atoms with Gasteiger partial charge in [0.25, 0.3) is 0 Å². The number of methoxy groups -OCH3 is 1. The Morgan fingerprint density at radius 2 is 2.25 bits per heavy atom. The molecule has 6 heteroatoms. The Morgan fingerprint density at radius 1 is 1.39 bits per heavy atom. The maximum absolute atomic E-state index is 12.0. The van der Waals surface area contributed by atoms with Crippen molar-refractivity contribution in [2.45, 2.75) is 31.9 Å². The van der Waals surface area contributed by atoms with Gasteiger partial charge in [-0.3, -0.25) is 14.7 Å². The second kappa shape index (κ2) is 8.37. The van der Waals surface area contributed by atoms with Crippen LogP contribution in [0.3, 0.4) is 0 Å². The maximum Gasteiger partial charge on any atom is 0.303 e. The van der Waals surface area contributed by atoms with Crippen molar-refractivity contribution in [2.75, 3.05) is 20.2 Å². The lowest BCUT2D eigenvalue weighted by molar-refractivity contribution is -0.154. The molecule has 3 saturated heterocycles. The van der Waals surface area contributed by atoms with Crippen LogP contribution in [0.1, 0.15) is 31.4 Å². The second-order valence-corrected chi connectivity index (χ2v) is 8.36. The number of ether oxygens (including phenoxy) is 2. The number of fused-ring (bicyclic) bond motifs is 4. The Hall–Kier alpha value is -1.67. The van der Waals surface area contributed by atoms with Crippen LogP contribution in [0.25, 0.3) is 10.9 Å². The molecular formula is C22H25IN2O3. The quantitative estimate of drug-likeness (QED) is 0.455. The van der Waals surface area contributed by atoms with Crippen molar-refractivity contribution in [3.05, 3.63) is 46.2 Å². The number of carbonyl (C=O) groups is 1. The summed E-state index contributed by atoms with van der Waals surface area (Å²) in [6.45, 7) is 3.58. The van der Waals surface area contributed by atoms with Gasteiger partial charge in [-0.15, -0.1) is 0 Å². The molecule has 148 valence electrons. The van der Waals surface area contributed by atoms with Crippen molar-refractivity contribution in [2.24, 2.45) is 11.8 Å². The van der Waals surface area contributed by atoms with Gasteiger partial charge in [0.05, 0.1) is 18.7 Å². The second-order valence-electron chi connectivity index (χ2n) is 7.64. The summed E-state index contributed by atoms with van der Waals surface area (Å²) in [4.78, 5) is 19.0. The van der Waals surface area contributed by atoms with Gasteiger partial charge in [-0.05, 0) is 59.6 Å². The highest BCUT2D eigenvalue weighted by Gasteiger charge is 2.44. The number of pyridine rings is 1. The van der Waals surface area contributed by atoms with E-state index >= 15 is 0 Å². The Balaban J connectivity index is 1.74. The number of aromatic nitrogens is 1. The van der Waals surface area contributed by atoms with Crippen LogP contribution in [0.5, 0.6) is 5.75 Å². The molecular weight excluding hydrogens is 467 g/mol. The number of halogens is 1. The SMILES string of the molecule is COc1ccc2nccc([C@@H](OC(C)=O)[C@H]3C[C@@H]4CCN3C[C@@H]4/C=C\I)c2c1. The summed E-state index contributed by atoms with van der Waals surface area (Å²) in [6, 6.07) is 8.04. The summed E-state index contributed by atoms with van der Waals surface area (Å²) in [5, 5.41) is 0.986. The molecule has 0 amide bonds. The predicted octanol–water partition coefficient (Wildman–Crippen LogP) is 4.51. The minimum absolute atomic E-state index is 0.193. The fourth-order valence-electron chi connectivity index (χ4n) is 4.79. The van der Waals surface area contributed by atoms with Crippen molar-refractivity contribution in [1.29, 1.82) is 0 Å². The van der Waals surface area contributed by atoms with E-state index in [1.54, 1.807) is 13.3 Å². The first-order chi connectivity index (χ1) is 13.6. The highest BCUT2D eigenvalue weighted by molar-refractivity contribution is 14.1. The molecule has 4 heterocycles. The van der Waals surface area contributed by atoms with Crippen molar-refractivity contribution >= 4 is 39.5 Å². The molecule has 2 bridgehead atoms. The third kappa shape index (κ3) is 3.76. The number of benzene rings is 1. The first-order valence-corrected chi connectivity index (χ1v) is 11.0. The zero-order valence-corrected chi connectivity index (χ0v) is 18.3. The number of rotatable bonds is 5. The van der Waals surface area contributed by atoms with E-state index in [9.17, 15) is 4.79 Å². The highest BCUT2D eigenvalue weighted by atomic mass is 127. The van der Waals surface area contributed by atoms with Crippen molar-refractivity contribution in [1.82, 2.24) is 9.88 Å². The molecule has 1 unspecified atom stereocenters. The van der Waals surface area contributed by atoms with Gasteiger partial charge in [-0.25, -0.2) is 0 Å². The minimum atomic E-state index is -0.303. The van der Waals surface area contributed by atoms with Crippen molar-refractivity contribution in [3.63, 3.8) is 0 Å². The summed E-state index contributed by atoms with van der Waals surface area (Å²) in [7, 11) is 1.66. The number of hydrogen-bond acceptors (Lipinski definition) is 5. The Morgan fingerprint density at radius 3 is 2.93 bits per heavy atom. The van der Waals surface area contributed by atoms with Crippen molar-refractivity contribution in [3.8, 4) is 5.75 Å². The van der Waals surface area contributed by atoms with E-state index in [1.165, 1.54) is 13.3 Å². The van der Waals surface area contributed by atoms with E-state index < -0.39 is 0 Å². The number of piperidine rings is 3. The molecule has 5 rings (SSSR count). The zero-order valence-electron chi connectivity index (χ0n) is 16.2. The van der Waals surface area contributed by atoms with Gasteiger partial charge in [0, 0.05) is 30.6 Å². The van der Waals surface area contributed by atoms with E-state index in [4.69, 9.17) is 9.47 Å². The van der Waals surface area contributed by atoms with Crippen LogP contribution in [-0.4, -0.2) is 42.1 Å². The third-order valence-electron chi connectivity index (χ3n) is 6.10. The lowest BCUT2D eigenvalue weighted by atomic mass is 9.73. The Labute approximate surface area is 179 Å². The number of nitrogens with zero attached hydrogens (tertiary/aromatic N) is 2. The molecule has 28 heavy (non-hydrogen) atoms. The van der Waals surface area contributed by atoms with Crippen LogP contribution in [0.2, 0.25) is 0 Å². The van der Waals surface area contributed by atoms with E-state index in [2.05, 4.69) is 42.6 Å². The highest BCUT2D eigenvalue weighted by Crippen LogP contribution is 2.43. The lowest BCUT2D eigenvalue weighted by Crippen LogP contribution is -2.55. The monoisotopic (exact) mass is 492 g/mol. The first-order valence-electron chi connectivity index (χ1n) is 9.71. The maximum atomic E-state index is 12.0. The number of hydrogen-bond donors (Lipinski definition) is 0. The lowest BCUT2D eigenvalue weighted by Gasteiger charge is -2.51. The molecule has 0 radical (unpaired) electrons. The molecule has 2 aromatic rings. The molecule has 3 fully saturated rings. The van der Waals surface area contributed by atoms with Gasteiger partial charge in [0.2, 0.25) is 0 Å². The Kier molecular flexibility index (Phi) is 5.87. The molecule has 5 nitrogen and oxygen atoms in total. The third-order valence-corrected chi connectivity index (χ3v) is 6.52. The van der Waals surface area contributed by atoms with E-state index in [1.807, 2.05) is 24.3 Å². The normalized spacial score (nSPS) is 27.8. The van der Waals surface area contributed by atoms with Crippen LogP contribution in [0, 0.1) is 11.8 Å². The van der Waals surface area contributed by atoms with Crippen LogP contribution in [0.15, 0.2) is 40.6 Å². The summed E-state index contributed by atoms with van der Waals surface area (Å²) >= 11 is 2.30. The summed E-state index contributed by atoms with van der Waals surface area (Å²) in [5.41, 5.74) is 1.90. The molecule has 0 N–H and O–H groups in total. The number of esters is 1. The van der Waals surface area contributed by atoms with E-state index in [-0.39, 0.29) is 18.1 Å². The standard InChI is InChI=1S/C22H25IN2O3/c1-14(26)28-22(21-11-15-7-10-25(21)13-16(15)5-8-23)18-6-9-24-20-4-3-17(27-2)12-19(18)20/h3-6,8-9,12,15-16,21-22H,7,10-11,13H2,1-2H3/b8-5-/t15-,16-,21+,22+/m0/s1. The molecule has 0 saturated carbocycles. The molecule has 5 atom stereocenters. The zero-order chi connectivity index (χ0) is 19.7. The molecule has 3 aliphatic heterocycles. The van der Waals surface area contributed by atoms with Gasteiger partial charge in [-0.1, -0.05) is 28.7 Å². The van der Waals surface area contributed by atoms with Gasteiger partial charge in [-0.2, -0.15) is 0 Å². The molecule has 3 aliphatic rings. The molecule has 0 aliphatic carbocycles. The predicted molar refractivity (Wildman–Crippen MR) is 118 cm³/mol. The van der Waals surface area contributed by atoms with Crippen LogP contribution >= 0.6 is 22.6 Å². The minimum Gasteiger partial charge on any atom is -0.497 e. The van der Waals surface area contributed by atoms with Crippen molar-refractivity contribution < 1.29 is 14.3 Å². The first kappa shape index (κ1) is 19.6. The average molecular weight is 492 g/mol. The molecule has 1 aromatic carbocycles. The van der Waals surface area contributed by atoms with Crippen LogP contribution in [0.4, 0.5) is 0 Å². The number of carbonyl (C=O) groups excluding carboxylic acids is 1. The van der Waals surface area contributed by atoms with Crippen LogP contribution in [-0.2, 0) is 9.53 Å². The fraction of sp³-hybridized carbons (Fsp3) is 0.455. The average Bonchev–Trinajstić information content (AvgIpc) is 2.72. The summed E-state index contributed by atoms with van der Waals surface area (Å²) < 4.78 is 13.5. The smallest absolute Gasteiger partial charge is 0.303 e. The van der Waals surface area contributed by atoms with Gasteiger partial charge in [0.15, 0.2) is 0 Å². The Bertz CT molecular complexity index is 900. The molecule has 0 spiro atoms. The topological polar surface area (TPSA) is 51.7 Å². The summed E-state index contributed by atoms with van der Waals surface area (Å²) in [5.74, 6) is 1.76. The van der Waals surface area contributed by atoms with E-state index in [0.717, 1.165) is 41.7 Å². The largest absolute Gasteiger partial charge is 0.497 e. The fourth-order valence-corrected chi connectivity index (χ4v) is 5.32. The van der Waals surface area contributed by atoms with Crippen LogP contribution < -0.4 is 4.74 Å². The van der Waals surface area contributed by atoms with Gasteiger partial charge in [0.1, 0.15) is 11.9 Å². The van der Waals surface area contributed by atoms with Gasteiger partial charge < -0.3 is 9.47 Å². The summed E-state index contributed by atoms with van der Waals surface area (Å²) in [6.07, 6.45) is 6.07. The van der Waals surface area contributed by atoms with E-state index in [0.29, 0.717) is 11.8 Å². The molecule has 1 aromatic heterocycles.